The molecule has 1 aromatic heterocycles. The average Bonchev–Trinajstić information content (AvgIpc) is 3.19. The van der Waals surface area contributed by atoms with Crippen LogP contribution >= 0.6 is 0 Å². The summed E-state index contributed by atoms with van der Waals surface area (Å²) in [6, 6.07) is 8.40. The van der Waals surface area contributed by atoms with E-state index in [-0.39, 0.29) is 17.9 Å². The standard InChI is InChI=1S/C20H23N3O2/c24-20(16-8-3-6-13-5-1-2-7-15(13)16)23-12-4-9-17(23)18-21-19(25-22-18)14-10-11-14/h1-2,5,7,14,16-17H,3-4,6,8-12H2. The van der Waals surface area contributed by atoms with Crippen LogP contribution < -0.4 is 0 Å². The summed E-state index contributed by atoms with van der Waals surface area (Å²) in [5, 5.41) is 4.20. The molecular formula is C20H23N3O2. The fourth-order valence-corrected chi connectivity index (χ4v) is 4.39. The predicted molar refractivity (Wildman–Crippen MR) is 92.1 cm³/mol. The van der Waals surface area contributed by atoms with Gasteiger partial charge in [0, 0.05) is 12.5 Å². The van der Waals surface area contributed by atoms with E-state index in [1.807, 2.05) is 11.0 Å². The lowest BCUT2D eigenvalue weighted by Crippen LogP contribution is -2.36. The second-order valence-electron chi connectivity index (χ2n) is 7.60. The van der Waals surface area contributed by atoms with Gasteiger partial charge >= 0.3 is 0 Å². The molecule has 2 unspecified atom stereocenters. The van der Waals surface area contributed by atoms with Crippen molar-refractivity contribution in [1.29, 1.82) is 0 Å². The summed E-state index contributed by atoms with van der Waals surface area (Å²) in [7, 11) is 0. The molecule has 1 saturated carbocycles. The van der Waals surface area contributed by atoms with Crippen LogP contribution in [-0.2, 0) is 11.2 Å². The molecule has 1 aromatic carbocycles. The molecule has 2 aliphatic carbocycles. The van der Waals surface area contributed by atoms with E-state index >= 15 is 0 Å². The SMILES string of the molecule is O=C(C1CCCc2ccccc21)N1CCCC1c1noc(C2CC2)n1. The highest BCUT2D eigenvalue weighted by Gasteiger charge is 2.39. The summed E-state index contributed by atoms with van der Waals surface area (Å²) in [5.74, 6) is 2.15. The van der Waals surface area contributed by atoms with Crippen molar-refractivity contribution < 1.29 is 9.32 Å². The second-order valence-corrected chi connectivity index (χ2v) is 7.60. The molecule has 1 aliphatic heterocycles. The molecule has 2 heterocycles. The van der Waals surface area contributed by atoms with Crippen LogP contribution in [0, 0.1) is 0 Å². The first-order valence-corrected chi connectivity index (χ1v) is 9.53. The molecule has 0 spiro atoms. The van der Waals surface area contributed by atoms with E-state index in [9.17, 15) is 4.79 Å². The lowest BCUT2D eigenvalue weighted by atomic mass is 9.82. The summed E-state index contributed by atoms with van der Waals surface area (Å²) >= 11 is 0. The van der Waals surface area contributed by atoms with Gasteiger partial charge in [0.05, 0.1) is 12.0 Å². The molecule has 2 fully saturated rings. The van der Waals surface area contributed by atoms with Gasteiger partial charge in [-0.2, -0.15) is 4.98 Å². The lowest BCUT2D eigenvalue weighted by molar-refractivity contribution is -0.134. The maximum Gasteiger partial charge on any atom is 0.230 e. The smallest absolute Gasteiger partial charge is 0.230 e. The largest absolute Gasteiger partial charge is 0.339 e. The summed E-state index contributed by atoms with van der Waals surface area (Å²) in [5.41, 5.74) is 2.55. The number of carbonyl (C=O) groups excluding carboxylic acids is 1. The van der Waals surface area contributed by atoms with Crippen LogP contribution in [0.3, 0.4) is 0 Å². The Morgan fingerprint density at radius 3 is 2.88 bits per heavy atom. The number of aryl methyl sites for hydroxylation is 1. The van der Waals surface area contributed by atoms with Gasteiger partial charge in [0.2, 0.25) is 11.8 Å². The van der Waals surface area contributed by atoms with Gasteiger partial charge in [0.1, 0.15) is 0 Å². The van der Waals surface area contributed by atoms with Crippen LogP contribution in [0.25, 0.3) is 0 Å². The first-order chi connectivity index (χ1) is 12.3. The zero-order chi connectivity index (χ0) is 16.8. The van der Waals surface area contributed by atoms with Crippen molar-refractivity contribution in [3.63, 3.8) is 0 Å². The van der Waals surface area contributed by atoms with Crippen molar-refractivity contribution in [3.8, 4) is 0 Å². The van der Waals surface area contributed by atoms with Gasteiger partial charge in [0.15, 0.2) is 5.82 Å². The fourth-order valence-electron chi connectivity index (χ4n) is 4.39. The average molecular weight is 337 g/mol. The summed E-state index contributed by atoms with van der Waals surface area (Å²) in [4.78, 5) is 20.0. The number of benzene rings is 1. The van der Waals surface area contributed by atoms with Crippen LogP contribution in [0.2, 0.25) is 0 Å². The Bertz CT molecular complexity index is 796. The van der Waals surface area contributed by atoms with Crippen LogP contribution in [0.1, 0.15) is 79.2 Å². The van der Waals surface area contributed by atoms with Crippen molar-refractivity contribution in [2.45, 2.75) is 62.8 Å². The first-order valence-electron chi connectivity index (χ1n) is 9.53. The van der Waals surface area contributed by atoms with Crippen molar-refractivity contribution >= 4 is 5.91 Å². The van der Waals surface area contributed by atoms with Gasteiger partial charge in [-0.05, 0) is 56.1 Å². The zero-order valence-electron chi connectivity index (χ0n) is 14.4. The predicted octanol–water partition coefficient (Wildman–Crippen LogP) is 3.73. The van der Waals surface area contributed by atoms with E-state index in [4.69, 9.17) is 4.52 Å². The minimum atomic E-state index is -0.0159. The summed E-state index contributed by atoms with van der Waals surface area (Å²) in [6.07, 6.45) is 7.35. The van der Waals surface area contributed by atoms with E-state index in [0.717, 1.165) is 57.4 Å². The van der Waals surface area contributed by atoms with Crippen LogP contribution in [0.5, 0.6) is 0 Å². The molecule has 5 heteroatoms. The first kappa shape index (κ1) is 15.1. The minimum Gasteiger partial charge on any atom is -0.339 e. The fraction of sp³-hybridized carbons (Fsp3) is 0.550. The van der Waals surface area contributed by atoms with E-state index in [0.29, 0.717) is 11.7 Å². The Labute approximate surface area is 147 Å². The third kappa shape index (κ3) is 2.66. The number of carbonyl (C=O) groups is 1. The number of fused-ring (bicyclic) bond motifs is 1. The summed E-state index contributed by atoms with van der Waals surface area (Å²) < 4.78 is 5.43. The van der Waals surface area contributed by atoms with Gasteiger partial charge in [-0.15, -0.1) is 0 Å². The molecule has 25 heavy (non-hydrogen) atoms. The summed E-state index contributed by atoms with van der Waals surface area (Å²) in [6.45, 7) is 0.801. The Balaban J connectivity index is 1.41. The van der Waals surface area contributed by atoms with Crippen LogP contribution in [0.4, 0.5) is 0 Å². The van der Waals surface area contributed by atoms with E-state index < -0.39 is 0 Å². The van der Waals surface area contributed by atoms with Gasteiger partial charge in [0.25, 0.3) is 0 Å². The molecular weight excluding hydrogens is 314 g/mol. The Morgan fingerprint density at radius 2 is 2.00 bits per heavy atom. The molecule has 1 amide bonds. The van der Waals surface area contributed by atoms with Crippen LogP contribution in [-0.4, -0.2) is 27.5 Å². The van der Waals surface area contributed by atoms with Gasteiger partial charge < -0.3 is 9.42 Å². The lowest BCUT2D eigenvalue weighted by Gasteiger charge is -2.31. The number of likely N-dealkylation sites (tertiary alicyclic amines) is 1. The van der Waals surface area contributed by atoms with Crippen molar-refractivity contribution in [2.75, 3.05) is 6.54 Å². The third-order valence-corrected chi connectivity index (χ3v) is 5.89. The number of rotatable bonds is 3. The monoisotopic (exact) mass is 337 g/mol. The maximum absolute atomic E-state index is 13.3. The van der Waals surface area contributed by atoms with Gasteiger partial charge in [-0.3, -0.25) is 4.79 Å². The number of amides is 1. The second kappa shape index (κ2) is 5.97. The Kier molecular flexibility index (Phi) is 3.61. The van der Waals surface area contributed by atoms with Crippen molar-refractivity contribution in [1.82, 2.24) is 15.0 Å². The highest BCUT2D eigenvalue weighted by atomic mass is 16.5. The molecule has 2 atom stereocenters. The molecule has 1 saturated heterocycles. The molecule has 2 aromatic rings. The molecule has 0 N–H and O–H groups in total. The molecule has 0 radical (unpaired) electrons. The topological polar surface area (TPSA) is 59.2 Å². The number of nitrogens with zero attached hydrogens (tertiary/aromatic N) is 3. The van der Waals surface area contributed by atoms with Crippen molar-refractivity contribution in [3.05, 3.63) is 47.1 Å². The zero-order valence-corrected chi connectivity index (χ0v) is 14.4. The third-order valence-electron chi connectivity index (χ3n) is 5.89. The highest BCUT2D eigenvalue weighted by Crippen LogP contribution is 2.41. The Hall–Kier alpha value is -2.17. The molecule has 0 bridgehead atoms. The highest BCUT2D eigenvalue weighted by molar-refractivity contribution is 5.85. The Morgan fingerprint density at radius 1 is 1.12 bits per heavy atom. The van der Waals surface area contributed by atoms with Gasteiger partial charge in [-0.1, -0.05) is 29.4 Å². The quantitative estimate of drug-likeness (QED) is 0.856. The number of aromatic nitrogens is 2. The molecule has 130 valence electrons. The minimum absolute atomic E-state index is 0.0136. The molecule has 3 aliphatic rings. The van der Waals surface area contributed by atoms with E-state index in [1.54, 1.807) is 0 Å². The van der Waals surface area contributed by atoms with Gasteiger partial charge in [-0.25, -0.2) is 0 Å². The van der Waals surface area contributed by atoms with Crippen LogP contribution in [0.15, 0.2) is 28.8 Å². The maximum atomic E-state index is 13.3. The molecule has 5 rings (SSSR count). The number of hydrogen-bond donors (Lipinski definition) is 0. The number of hydrogen-bond acceptors (Lipinski definition) is 4. The van der Waals surface area contributed by atoms with Crippen molar-refractivity contribution in [2.24, 2.45) is 0 Å². The molecule has 5 nitrogen and oxygen atoms in total. The van der Waals surface area contributed by atoms with E-state index in [1.165, 1.54) is 11.1 Å². The normalized spacial score (nSPS) is 25.8. The van der Waals surface area contributed by atoms with E-state index in [2.05, 4.69) is 28.3 Å².